The maximum atomic E-state index is 10.4. The van der Waals surface area contributed by atoms with Gasteiger partial charge >= 0.3 is 0 Å². The zero-order valence-corrected chi connectivity index (χ0v) is 9.30. The molecule has 0 radical (unpaired) electrons. The minimum atomic E-state index is -0.698. The van der Waals surface area contributed by atoms with E-state index < -0.39 is 5.60 Å². The smallest absolute Gasteiger partial charge is 0.0894 e. The molecule has 0 fully saturated rings. The van der Waals surface area contributed by atoms with Crippen molar-refractivity contribution >= 4 is 11.6 Å². The van der Waals surface area contributed by atoms with Crippen LogP contribution in [0.1, 0.15) is 31.7 Å². The third-order valence-corrected chi connectivity index (χ3v) is 2.89. The Hall–Kier alpha value is -0.530. The van der Waals surface area contributed by atoms with Gasteiger partial charge in [0.05, 0.1) is 5.60 Å². The maximum Gasteiger partial charge on any atom is 0.0894 e. The molecule has 0 saturated carbocycles. The Morgan fingerprint density at radius 2 is 1.93 bits per heavy atom. The first kappa shape index (κ1) is 11.5. The third-order valence-electron chi connectivity index (χ3n) is 2.62. The second-order valence-corrected chi connectivity index (χ2v) is 3.92. The van der Waals surface area contributed by atoms with Crippen LogP contribution in [0.2, 0.25) is 0 Å². The predicted octanol–water partition coefficient (Wildman–Crippen LogP) is 3.30. The molecular formula is C12H17ClO. The number of rotatable bonds is 5. The first-order chi connectivity index (χ1) is 6.73. The van der Waals surface area contributed by atoms with Crippen molar-refractivity contribution in [3.05, 3.63) is 35.9 Å². The monoisotopic (exact) mass is 212 g/mol. The van der Waals surface area contributed by atoms with Crippen LogP contribution in [-0.4, -0.2) is 11.0 Å². The van der Waals surface area contributed by atoms with E-state index in [0.29, 0.717) is 5.88 Å². The van der Waals surface area contributed by atoms with Crippen molar-refractivity contribution in [2.75, 3.05) is 5.88 Å². The lowest BCUT2D eigenvalue weighted by Gasteiger charge is -2.27. The Balaban J connectivity index is 2.79. The summed E-state index contributed by atoms with van der Waals surface area (Å²) in [5, 5.41) is 10.4. The third kappa shape index (κ3) is 2.73. The summed E-state index contributed by atoms with van der Waals surface area (Å²) in [7, 11) is 0. The fraction of sp³-hybridized carbons (Fsp3) is 0.500. The van der Waals surface area contributed by atoms with Crippen molar-refractivity contribution in [2.45, 2.75) is 31.8 Å². The normalized spacial score (nSPS) is 15.1. The van der Waals surface area contributed by atoms with Crippen molar-refractivity contribution in [2.24, 2.45) is 0 Å². The van der Waals surface area contributed by atoms with Gasteiger partial charge in [0.25, 0.3) is 0 Å². The van der Waals surface area contributed by atoms with Crippen LogP contribution in [-0.2, 0) is 5.60 Å². The standard InChI is InChI=1S/C12H17ClO/c1-2-12(14,9-6-10-13)11-7-4-3-5-8-11/h3-5,7-8,14H,2,6,9-10H2,1H3. The van der Waals surface area contributed by atoms with Crippen molar-refractivity contribution < 1.29 is 5.11 Å². The molecule has 1 atom stereocenters. The van der Waals surface area contributed by atoms with Gasteiger partial charge in [0, 0.05) is 5.88 Å². The van der Waals surface area contributed by atoms with Crippen LogP contribution in [0, 0.1) is 0 Å². The molecular weight excluding hydrogens is 196 g/mol. The summed E-state index contributed by atoms with van der Waals surface area (Å²) in [6, 6.07) is 9.81. The molecule has 78 valence electrons. The average Bonchev–Trinajstić information content (AvgIpc) is 2.27. The summed E-state index contributed by atoms with van der Waals surface area (Å²) >= 11 is 5.64. The van der Waals surface area contributed by atoms with Crippen molar-refractivity contribution in [3.8, 4) is 0 Å². The van der Waals surface area contributed by atoms with E-state index in [1.54, 1.807) is 0 Å². The van der Waals surface area contributed by atoms with Gasteiger partial charge in [-0.25, -0.2) is 0 Å². The molecule has 0 heterocycles. The van der Waals surface area contributed by atoms with E-state index >= 15 is 0 Å². The van der Waals surface area contributed by atoms with Crippen molar-refractivity contribution in [3.63, 3.8) is 0 Å². The Kier molecular flexibility index (Phi) is 4.43. The van der Waals surface area contributed by atoms with Crippen LogP contribution in [0.5, 0.6) is 0 Å². The molecule has 0 aliphatic rings. The minimum absolute atomic E-state index is 0.606. The molecule has 0 aromatic heterocycles. The highest BCUT2D eigenvalue weighted by molar-refractivity contribution is 6.17. The van der Waals surface area contributed by atoms with Crippen LogP contribution in [0.25, 0.3) is 0 Å². The topological polar surface area (TPSA) is 20.2 Å². The molecule has 0 aliphatic heterocycles. The van der Waals surface area contributed by atoms with Gasteiger partial charge in [0.1, 0.15) is 0 Å². The minimum Gasteiger partial charge on any atom is -0.385 e. The summed E-state index contributed by atoms with van der Waals surface area (Å²) in [4.78, 5) is 0. The molecule has 0 saturated heterocycles. The van der Waals surface area contributed by atoms with Gasteiger partial charge in [-0.05, 0) is 24.8 Å². The predicted molar refractivity (Wildman–Crippen MR) is 60.6 cm³/mol. The molecule has 0 bridgehead atoms. The molecule has 1 rings (SSSR count). The number of halogens is 1. The van der Waals surface area contributed by atoms with E-state index in [4.69, 9.17) is 11.6 Å². The van der Waals surface area contributed by atoms with Gasteiger partial charge in [-0.3, -0.25) is 0 Å². The summed E-state index contributed by atoms with van der Waals surface area (Å²) in [5.41, 5.74) is 0.295. The lowest BCUT2D eigenvalue weighted by Crippen LogP contribution is -2.24. The maximum absolute atomic E-state index is 10.4. The Morgan fingerprint density at radius 1 is 1.29 bits per heavy atom. The molecule has 1 nitrogen and oxygen atoms in total. The van der Waals surface area contributed by atoms with Crippen molar-refractivity contribution in [1.82, 2.24) is 0 Å². The number of benzene rings is 1. The number of hydrogen-bond donors (Lipinski definition) is 1. The number of aliphatic hydroxyl groups is 1. The lowest BCUT2D eigenvalue weighted by atomic mass is 9.87. The number of alkyl halides is 1. The number of hydrogen-bond acceptors (Lipinski definition) is 1. The quantitative estimate of drug-likeness (QED) is 0.743. The van der Waals surface area contributed by atoms with Crippen LogP contribution in [0.4, 0.5) is 0 Å². The van der Waals surface area contributed by atoms with E-state index in [2.05, 4.69) is 0 Å². The molecule has 0 aliphatic carbocycles. The summed E-state index contributed by atoms with van der Waals surface area (Å²) in [6.07, 6.45) is 2.31. The molecule has 0 amide bonds. The van der Waals surface area contributed by atoms with Gasteiger partial charge in [-0.1, -0.05) is 37.3 Å². The van der Waals surface area contributed by atoms with Crippen LogP contribution in [0.15, 0.2) is 30.3 Å². The van der Waals surface area contributed by atoms with E-state index in [1.807, 2.05) is 37.3 Å². The highest BCUT2D eigenvalue weighted by Gasteiger charge is 2.25. The molecule has 0 spiro atoms. The second-order valence-electron chi connectivity index (χ2n) is 3.54. The molecule has 1 aromatic carbocycles. The molecule has 1 N–H and O–H groups in total. The van der Waals surface area contributed by atoms with Gasteiger partial charge in [0.15, 0.2) is 0 Å². The summed E-state index contributed by atoms with van der Waals surface area (Å²) < 4.78 is 0. The second kappa shape index (κ2) is 5.38. The van der Waals surface area contributed by atoms with Crippen molar-refractivity contribution in [1.29, 1.82) is 0 Å². The van der Waals surface area contributed by atoms with Gasteiger partial charge in [-0.15, -0.1) is 11.6 Å². The highest BCUT2D eigenvalue weighted by atomic mass is 35.5. The van der Waals surface area contributed by atoms with E-state index in [0.717, 1.165) is 24.8 Å². The molecule has 1 unspecified atom stereocenters. The van der Waals surface area contributed by atoms with Crippen LogP contribution >= 0.6 is 11.6 Å². The van der Waals surface area contributed by atoms with Gasteiger partial charge in [-0.2, -0.15) is 0 Å². The van der Waals surface area contributed by atoms with E-state index in [1.165, 1.54) is 0 Å². The Morgan fingerprint density at radius 3 is 2.43 bits per heavy atom. The fourth-order valence-corrected chi connectivity index (χ4v) is 1.77. The largest absolute Gasteiger partial charge is 0.385 e. The average molecular weight is 213 g/mol. The highest BCUT2D eigenvalue weighted by Crippen LogP contribution is 2.29. The lowest BCUT2D eigenvalue weighted by molar-refractivity contribution is 0.0228. The molecule has 14 heavy (non-hydrogen) atoms. The Labute approximate surface area is 90.7 Å². The zero-order valence-electron chi connectivity index (χ0n) is 8.54. The molecule has 2 heteroatoms. The van der Waals surface area contributed by atoms with Gasteiger partial charge < -0.3 is 5.11 Å². The van der Waals surface area contributed by atoms with E-state index in [-0.39, 0.29) is 0 Å². The van der Waals surface area contributed by atoms with Gasteiger partial charge in [0.2, 0.25) is 0 Å². The fourth-order valence-electron chi connectivity index (χ4n) is 1.63. The zero-order chi connectivity index (χ0) is 10.4. The Bertz CT molecular complexity index is 260. The summed E-state index contributed by atoms with van der Waals surface area (Å²) in [5.74, 6) is 0.606. The first-order valence-electron chi connectivity index (χ1n) is 5.07. The SMILES string of the molecule is CCC(O)(CCCCl)c1ccccc1. The van der Waals surface area contributed by atoms with Crippen LogP contribution < -0.4 is 0 Å². The van der Waals surface area contributed by atoms with Crippen LogP contribution in [0.3, 0.4) is 0 Å². The first-order valence-corrected chi connectivity index (χ1v) is 5.60. The summed E-state index contributed by atoms with van der Waals surface area (Å²) in [6.45, 7) is 2.00. The van der Waals surface area contributed by atoms with E-state index in [9.17, 15) is 5.11 Å². The molecule has 1 aromatic rings.